The van der Waals surface area contributed by atoms with E-state index in [-0.39, 0.29) is 24.8 Å². The minimum atomic E-state index is -2.69. The minimum absolute atomic E-state index is 0.0155. The summed E-state index contributed by atoms with van der Waals surface area (Å²) >= 11 is 0. The minimum Gasteiger partial charge on any atom is -0.355 e. The van der Waals surface area contributed by atoms with E-state index in [9.17, 15) is 13.6 Å². The first-order chi connectivity index (χ1) is 10.9. The van der Waals surface area contributed by atoms with Gasteiger partial charge in [0.2, 0.25) is 11.8 Å². The SMILES string of the molecule is Cn1nccc1N1CCC[C@@H](NC(=O)[C@@H]2CCCC(F)(F)C2)C1. The highest BCUT2D eigenvalue weighted by molar-refractivity contribution is 5.79. The number of rotatable bonds is 3. The second kappa shape index (κ2) is 6.45. The van der Waals surface area contributed by atoms with E-state index in [0.29, 0.717) is 19.4 Å². The molecule has 1 saturated heterocycles. The van der Waals surface area contributed by atoms with Crippen LogP contribution in [-0.2, 0) is 11.8 Å². The van der Waals surface area contributed by atoms with Crippen molar-refractivity contribution in [1.82, 2.24) is 15.1 Å². The number of aromatic nitrogens is 2. The maximum atomic E-state index is 13.5. The van der Waals surface area contributed by atoms with E-state index in [0.717, 1.165) is 25.2 Å². The Kier molecular flexibility index (Phi) is 4.55. The summed E-state index contributed by atoms with van der Waals surface area (Å²) in [6, 6.07) is 1.97. The van der Waals surface area contributed by atoms with Crippen LogP contribution in [0, 0.1) is 5.92 Å². The summed E-state index contributed by atoms with van der Waals surface area (Å²) in [6.45, 7) is 1.63. The van der Waals surface area contributed by atoms with Crippen molar-refractivity contribution in [3.05, 3.63) is 12.3 Å². The Balaban J connectivity index is 1.57. The van der Waals surface area contributed by atoms with E-state index in [1.807, 2.05) is 17.8 Å². The van der Waals surface area contributed by atoms with Gasteiger partial charge in [-0.1, -0.05) is 0 Å². The van der Waals surface area contributed by atoms with Gasteiger partial charge in [-0.15, -0.1) is 0 Å². The molecule has 1 saturated carbocycles. The molecule has 7 heteroatoms. The number of amides is 1. The molecule has 2 fully saturated rings. The van der Waals surface area contributed by atoms with Crippen molar-refractivity contribution < 1.29 is 13.6 Å². The molecule has 2 heterocycles. The zero-order chi connectivity index (χ0) is 16.4. The average Bonchev–Trinajstić information content (AvgIpc) is 2.92. The van der Waals surface area contributed by atoms with Crippen molar-refractivity contribution in [2.75, 3.05) is 18.0 Å². The summed E-state index contributed by atoms with van der Waals surface area (Å²) in [5.41, 5.74) is 0. The van der Waals surface area contributed by atoms with Gasteiger partial charge in [-0.25, -0.2) is 8.78 Å². The van der Waals surface area contributed by atoms with Crippen LogP contribution in [0.4, 0.5) is 14.6 Å². The van der Waals surface area contributed by atoms with Crippen molar-refractivity contribution in [2.24, 2.45) is 13.0 Å². The van der Waals surface area contributed by atoms with Crippen molar-refractivity contribution in [1.29, 1.82) is 0 Å². The number of carbonyl (C=O) groups is 1. The Bertz CT molecular complexity index is 560. The molecule has 128 valence electrons. The molecule has 1 aliphatic carbocycles. The van der Waals surface area contributed by atoms with Crippen LogP contribution in [0.2, 0.25) is 0 Å². The highest BCUT2D eigenvalue weighted by Crippen LogP contribution is 2.36. The monoisotopic (exact) mass is 326 g/mol. The van der Waals surface area contributed by atoms with E-state index >= 15 is 0 Å². The van der Waals surface area contributed by atoms with Crippen LogP contribution in [0.15, 0.2) is 12.3 Å². The molecule has 3 rings (SSSR count). The first-order valence-corrected chi connectivity index (χ1v) is 8.36. The van der Waals surface area contributed by atoms with Crippen LogP contribution in [0.3, 0.4) is 0 Å². The molecule has 0 aromatic carbocycles. The Morgan fingerprint density at radius 2 is 2.22 bits per heavy atom. The Labute approximate surface area is 135 Å². The van der Waals surface area contributed by atoms with Gasteiger partial charge in [0, 0.05) is 51.0 Å². The number of carbonyl (C=O) groups excluding carboxylic acids is 1. The highest BCUT2D eigenvalue weighted by atomic mass is 19.3. The molecule has 5 nitrogen and oxygen atoms in total. The molecule has 2 aliphatic rings. The Morgan fingerprint density at radius 3 is 2.91 bits per heavy atom. The summed E-state index contributed by atoms with van der Waals surface area (Å²) < 4.78 is 28.8. The lowest BCUT2D eigenvalue weighted by Crippen LogP contribution is -2.50. The van der Waals surface area contributed by atoms with E-state index in [4.69, 9.17) is 0 Å². The number of nitrogens with zero attached hydrogens (tertiary/aromatic N) is 3. The van der Waals surface area contributed by atoms with Crippen molar-refractivity contribution in [3.63, 3.8) is 0 Å². The zero-order valence-electron chi connectivity index (χ0n) is 13.5. The third-order valence-electron chi connectivity index (χ3n) is 4.90. The smallest absolute Gasteiger partial charge is 0.248 e. The fraction of sp³-hybridized carbons (Fsp3) is 0.750. The molecule has 0 bridgehead atoms. The Hall–Kier alpha value is -1.66. The highest BCUT2D eigenvalue weighted by Gasteiger charge is 2.39. The van der Waals surface area contributed by atoms with Crippen LogP contribution in [-0.4, -0.2) is 40.7 Å². The fourth-order valence-electron chi connectivity index (χ4n) is 3.69. The third kappa shape index (κ3) is 3.82. The van der Waals surface area contributed by atoms with Gasteiger partial charge in [0.15, 0.2) is 0 Å². The van der Waals surface area contributed by atoms with Gasteiger partial charge in [-0.05, 0) is 25.7 Å². The summed E-state index contributed by atoms with van der Waals surface area (Å²) in [7, 11) is 1.89. The topological polar surface area (TPSA) is 50.2 Å². The number of alkyl halides is 2. The molecule has 0 spiro atoms. The lowest BCUT2D eigenvalue weighted by molar-refractivity contribution is -0.133. The van der Waals surface area contributed by atoms with Crippen LogP contribution in [0.25, 0.3) is 0 Å². The number of anilines is 1. The van der Waals surface area contributed by atoms with E-state index < -0.39 is 11.8 Å². The molecule has 0 unspecified atom stereocenters. The van der Waals surface area contributed by atoms with Crippen LogP contribution >= 0.6 is 0 Å². The lowest BCUT2D eigenvalue weighted by atomic mass is 9.85. The number of nitrogens with one attached hydrogen (secondary N) is 1. The number of halogens is 2. The van der Waals surface area contributed by atoms with E-state index in [2.05, 4.69) is 15.3 Å². The predicted octanol–water partition coefficient (Wildman–Crippen LogP) is 2.33. The van der Waals surface area contributed by atoms with Gasteiger partial charge >= 0.3 is 0 Å². The summed E-state index contributed by atoms with van der Waals surface area (Å²) in [5, 5.41) is 7.17. The van der Waals surface area contributed by atoms with Gasteiger partial charge in [-0.2, -0.15) is 5.10 Å². The van der Waals surface area contributed by atoms with Gasteiger partial charge in [0.05, 0.1) is 6.20 Å². The number of hydrogen-bond acceptors (Lipinski definition) is 3. The summed E-state index contributed by atoms with van der Waals surface area (Å²) in [4.78, 5) is 14.5. The molecule has 1 N–H and O–H groups in total. The third-order valence-corrected chi connectivity index (χ3v) is 4.90. The second-order valence-electron chi connectivity index (χ2n) is 6.76. The van der Waals surface area contributed by atoms with Crippen LogP contribution in [0.1, 0.15) is 38.5 Å². The number of piperidine rings is 1. The molecule has 1 aromatic heterocycles. The lowest BCUT2D eigenvalue weighted by Gasteiger charge is -2.36. The maximum absolute atomic E-state index is 13.5. The molecular weight excluding hydrogens is 302 g/mol. The zero-order valence-corrected chi connectivity index (χ0v) is 13.5. The molecule has 2 atom stereocenters. The molecule has 0 radical (unpaired) electrons. The summed E-state index contributed by atoms with van der Waals surface area (Å²) in [5.74, 6) is -2.42. The fourth-order valence-corrected chi connectivity index (χ4v) is 3.69. The van der Waals surface area contributed by atoms with Crippen LogP contribution < -0.4 is 10.2 Å². The Morgan fingerprint density at radius 1 is 1.39 bits per heavy atom. The van der Waals surface area contributed by atoms with Crippen LogP contribution in [0.5, 0.6) is 0 Å². The van der Waals surface area contributed by atoms with Crippen molar-refractivity contribution in [3.8, 4) is 0 Å². The standard InChI is InChI=1S/C16H24F2N4O/c1-21-14(6-8-19-21)22-9-3-5-13(11-22)20-15(23)12-4-2-7-16(17,18)10-12/h6,8,12-13H,2-5,7,9-11H2,1H3,(H,20,23)/t12-,13-/m1/s1. The molecular formula is C16H24F2N4O. The van der Waals surface area contributed by atoms with Crippen molar-refractivity contribution in [2.45, 2.75) is 50.5 Å². The average molecular weight is 326 g/mol. The second-order valence-corrected chi connectivity index (χ2v) is 6.76. The first kappa shape index (κ1) is 16.2. The largest absolute Gasteiger partial charge is 0.355 e. The van der Waals surface area contributed by atoms with Gasteiger partial charge in [0.1, 0.15) is 5.82 Å². The van der Waals surface area contributed by atoms with Gasteiger partial charge in [0.25, 0.3) is 0 Å². The molecule has 23 heavy (non-hydrogen) atoms. The maximum Gasteiger partial charge on any atom is 0.248 e. The molecule has 1 aromatic rings. The number of hydrogen-bond donors (Lipinski definition) is 1. The quantitative estimate of drug-likeness (QED) is 0.927. The first-order valence-electron chi connectivity index (χ1n) is 8.36. The molecule has 1 aliphatic heterocycles. The van der Waals surface area contributed by atoms with Gasteiger partial charge < -0.3 is 10.2 Å². The van der Waals surface area contributed by atoms with Gasteiger partial charge in [-0.3, -0.25) is 9.48 Å². The normalized spacial score (nSPS) is 27.7. The predicted molar refractivity (Wildman–Crippen MR) is 83.5 cm³/mol. The van der Waals surface area contributed by atoms with Crippen molar-refractivity contribution >= 4 is 11.7 Å². The van der Waals surface area contributed by atoms with E-state index in [1.165, 1.54) is 0 Å². The number of aryl methyl sites for hydroxylation is 1. The van der Waals surface area contributed by atoms with E-state index in [1.54, 1.807) is 6.20 Å². The molecule has 1 amide bonds. The summed E-state index contributed by atoms with van der Waals surface area (Å²) in [6.07, 6.45) is 4.21.